The first-order valence-electron chi connectivity index (χ1n) is 8.65. The molecule has 1 aliphatic heterocycles. The number of nitrogens with zero attached hydrogens (tertiary/aromatic N) is 1. The first-order chi connectivity index (χ1) is 11.7. The molecular weight excluding hydrogens is 298 g/mol. The molecule has 2 aromatic carbocycles. The fourth-order valence-corrected chi connectivity index (χ4v) is 4.42. The minimum atomic E-state index is -0.0307. The summed E-state index contributed by atoms with van der Waals surface area (Å²) in [5, 5.41) is 0. The Balaban J connectivity index is 1.58. The van der Waals surface area contributed by atoms with Gasteiger partial charge in [0.15, 0.2) is 0 Å². The van der Waals surface area contributed by atoms with Crippen LogP contribution in [0.1, 0.15) is 30.0 Å². The summed E-state index contributed by atoms with van der Waals surface area (Å²) in [6.07, 6.45) is 2.11. The van der Waals surface area contributed by atoms with Gasteiger partial charge in [-0.05, 0) is 24.0 Å². The van der Waals surface area contributed by atoms with E-state index in [1.54, 1.807) is 0 Å². The monoisotopic (exact) mass is 321 g/mol. The van der Waals surface area contributed by atoms with E-state index < -0.39 is 0 Å². The Kier molecular flexibility index (Phi) is 3.89. The Morgan fingerprint density at radius 2 is 1.58 bits per heavy atom. The second-order valence-corrected chi connectivity index (χ2v) is 7.11. The van der Waals surface area contributed by atoms with Gasteiger partial charge in [0.1, 0.15) is 0 Å². The van der Waals surface area contributed by atoms with E-state index in [2.05, 4.69) is 65.6 Å². The summed E-state index contributed by atoms with van der Waals surface area (Å²) in [6, 6.07) is 21.6. The molecular formula is C21H23NO2. The zero-order valence-electron chi connectivity index (χ0n) is 14.0. The van der Waals surface area contributed by atoms with Crippen molar-refractivity contribution in [3.8, 4) is 0 Å². The lowest BCUT2D eigenvalue weighted by atomic mass is 9.55. The molecule has 1 atom stereocenters. The van der Waals surface area contributed by atoms with E-state index in [-0.39, 0.29) is 23.3 Å². The van der Waals surface area contributed by atoms with Crippen molar-refractivity contribution >= 4 is 5.97 Å². The van der Waals surface area contributed by atoms with Crippen molar-refractivity contribution in [3.63, 3.8) is 0 Å². The van der Waals surface area contributed by atoms with Crippen LogP contribution in [0.5, 0.6) is 0 Å². The number of rotatable bonds is 4. The average molecular weight is 321 g/mol. The van der Waals surface area contributed by atoms with Crippen molar-refractivity contribution in [2.75, 3.05) is 20.2 Å². The van der Waals surface area contributed by atoms with Gasteiger partial charge in [-0.1, -0.05) is 60.7 Å². The van der Waals surface area contributed by atoms with Crippen LogP contribution in [0.25, 0.3) is 0 Å². The highest BCUT2D eigenvalue weighted by molar-refractivity contribution is 5.75. The molecule has 0 bridgehead atoms. The number of likely N-dealkylation sites (tertiary alicyclic amines) is 1. The number of carbonyl (C=O) groups excluding carboxylic acids is 1. The summed E-state index contributed by atoms with van der Waals surface area (Å²) in [4.78, 5) is 14.5. The Morgan fingerprint density at radius 3 is 2.00 bits per heavy atom. The maximum absolute atomic E-state index is 12.0. The molecule has 2 aliphatic rings. The zero-order valence-corrected chi connectivity index (χ0v) is 14.0. The third kappa shape index (κ3) is 2.44. The summed E-state index contributed by atoms with van der Waals surface area (Å²) in [5.74, 6) is 0.0582. The molecule has 24 heavy (non-hydrogen) atoms. The average Bonchev–Trinajstić information content (AvgIpc) is 2.58. The molecule has 0 amide bonds. The zero-order chi connectivity index (χ0) is 16.6. The van der Waals surface area contributed by atoms with Gasteiger partial charge in [-0.25, -0.2) is 0 Å². The quantitative estimate of drug-likeness (QED) is 0.805. The third-order valence-electron chi connectivity index (χ3n) is 5.79. The molecule has 0 aromatic heterocycles. The lowest BCUT2D eigenvalue weighted by Gasteiger charge is -2.61. The van der Waals surface area contributed by atoms with Crippen LogP contribution in [-0.2, 0) is 9.53 Å². The normalized spacial score (nSPS) is 22.0. The number of ether oxygens (including phenoxy) is 1. The highest BCUT2D eigenvalue weighted by atomic mass is 16.5. The van der Waals surface area contributed by atoms with Gasteiger partial charge in [-0.15, -0.1) is 0 Å². The Bertz CT molecular complexity index is 668. The molecule has 1 saturated carbocycles. The van der Waals surface area contributed by atoms with E-state index in [0.717, 1.165) is 25.9 Å². The minimum absolute atomic E-state index is 0.0307. The SMILES string of the molecule is COC(=O)C1CCC12CN(C(c1ccccc1)c1ccccc1)C2. The van der Waals surface area contributed by atoms with E-state index >= 15 is 0 Å². The first kappa shape index (κ1) is 15.4. The van der Waals surface area contributed by atoms with Crippen molar-refractivity contribution in [1.82, 2.24) is 4.90 Å². The smallest absolute Gasteiger partial charge is 0.309 e. The first-order valence-corrected chi connectivity index (χ1v) is 8.65. The number of hydrogen-bond donors (Lipinski definition) is 0. The van der Waals surface area contributed by atoms with Crippen molar-refractivity contribution in [1.29, 1.82) is 0 Å². The summed E-state index contributed by atoms with van der Waals surface area (Å²) >= 11 is 0. The molecule has 1 heterocycles. The molecule has 1 saturated heterocycles. The van der Waals surface area contributed by atoms with E-state index in [1.165, 1.54) is 18.2 Å². The molecule has 0 radical (unpaired) electrons. The summed E-state index contributed by atoms with van der Waals surface area (Å²) in [6.45, 7) is 1.95. The van der Waals surface area contributed by atoms with E-state index in [1.807, 2.05) is 0 Å². The molecule has 3 heteroatoms. The Morgan fingerprint density at radius 1 is 1.04 bits per heavy atom. The third-order valence-corrected chi connectivity index (χ3v) is 5.79. The predicted molar refractivity (Wildman–Crippen MR) is 93.5 cm³/mol. The largest absolute Gasteiger partial charge is 0.469 e. The van der Waals surface area contributed by atoms with E-state index in [9.17, 15) is 4.79 Å². The molecule has 1 unspecified atom stereocenters. The Labute approximate surface area is 143 Å². The number of hydrogen-bond acceptors (Lipinski definition) is 3. The van der Waals surface area contributed by atoms with Crippen LogP contribution in [0.2, 0.25) is 0 Å². The van der Waals surface area contributed by atoms with Gasteiger partial charge in [0.25, 0.3) is 0 Å². The van der Waals surface area contributed by atoms with Gasteiger partial charge in [-0.2, -0.15) is 0 Å². The van der Waals surface area contributed by atoms with Crippen LogP contribution in [-0.4, -0.2) is 31.1 Å². The fraction of sp³-hybridized carbons (Fsp3) is 0.381. The number of benzene rings is 2. The van der Waals surface area contributed by atoms with E-state index in [4.69, 9.17) is 4.74 Å². The molecule has 124 valence electrons. The summed E-state index contributed by atoms with van der Waals surface area (Å²) in [5.41, 5.74) is 2.77. The molecule has 4 rings (SSSR count). The van der Waals surface area contributed by atoms with Gasteiger partial charge < -0.3 is 4.74 Å². The van der Waals surface area contributed by atoms with Gasteiger partial charge in [-0.3, -0.25) is 9.69 Å². The van der Waals surface area contributed by atoms with Crippen LogP contribution >= 0.6 is 0 Å². The lowest BCUT2D eigenvalue weighted by Crippen LogP contribution is -2.66. The Hall–Kier alpha value is -2.13. The number of methoxy groups -OCH3 is 1. The molecule has 3 nitrogen and oxygen atoms in total. The van der Waals surface area contributed by atoms with Crippen LogP contribution in [0.3, 0.4) is 0 Å². The van der Waals surface area contributed by atoms with Gasteiger partial charge >= 0.3 is 5.97 Å². The molecule has 2 fully saturated rings. The van der Waals surface area contributed by atoms with Gasteiger partial charge in [0.05, 0.1) is 19.1 Å². The maximum Gasteiger partial charge on any atom is 0.309 e. The molecule has 0 N–H and O–H groups in total. The maximum atomic E-state index is 12.0. The van der Waals surface area contributed by atoms with Crippen molar-refractivity contribution in [2.24, 2.45) is 11.3 Å². The lowest BCUT2D eigenvalue weighted by molar-refractivity contribution is -0.177. The van der Waals surface area contributed by atoms with Crippen molar-refractivity contribution in [2.45, 2.75) is 18.9 Å². The van der Waals surface area contributed by atoms with Crippen LogP contribution < -0.4 is 0 Å². The van der Waals surface area contributed by atoms with Gasteiger partial charge in [0, 0.05) is 18.5 Å². The summed E-state index contributed by atoms with van der Waals surface area (Å²) < 4.78 is 4.99. The fourth-order valence-electron chi connectivity index (χ4n) is 4.42. The second-order valence-electron chi connectivity index (χ2n) is 7.11. The number of esters is 1. The van der Waals surface area contributed by atoms with Gasteiger partial charge in [0.2, 0.25) is 0 Å². The number of carbonyl (C=O) groups is 1. The molecule has 2 aromatic rings. The van der Waals surface area contributed by atoms with E-state index in [0.29, 0.717) is 0 Å². The summed E-state index contributed by atoms with van der Waals surface area (Å²) in [7, 11) is 1.50. The van der Waals surface area contributed by atoms with Crippen molar-refractivity contribution in [3.05, 3.63) is 71.8 Å². The van der Waals surface area contributed by atoms with Crippen LogP contribution in [0.4, 0.5) is 0 Å². The standard InChI is InChI=1S/C21H23NO2/c1-24-20(23)18-12-13-21(18)14-22(15-21)19(16-8-4-2-5-9-16)17-10-6-3-7-11-17/h2-11,18-19H,12-15H2,1H3. The highest BCUT2D eigenvalue weighted by Crippen LogP contribution is 2.55. The van der Waals surface area contributed by atoms with Crippen molar-refractivity contribution < 1.29 is 9.53 Å². The second kappa shape index (κ2) is 6.06. The minimum Gasteiger partial charge on any atom is -0.469 e. The highest BCUT2D eigenvalue weighted by Gasteiger charge is 2.59. The molecule has 1 aliphatic carbocycles. The van der Waals surface area contributed by atoms with Crippen LogP contribution in [0.15, 0.2) is 60.7 Å². The van der Waals surface area contributed by atoms with Crippen LogP contribution in [0, 0.1) is 11.3 Å². The molecule has 1 spiro atoms. The predicted octanol–water partition coefficient (Wildman–Crippen LogP) is 3.66. The topological polar surface area (TPSA) is 29.5 Å².